The van der Waals surface area contributed by atoms with E-state index < -0.39 is 11.8 Å². The van der Waals surface area contributed by atoms with Crippen molar-refractivity contribution in [3.05, 3.63) is 80.6 Å². The molecule has 31 heavy (non-hydrogen) atoms. The lowest BCUT2D eigenvalue weighted by molar-refractivity contribution is -0.136. The fourth-order valence-corrected chi connectivity index (χ4v) is 3.80. The van der Waals surface area contributed by atoms with Gasteiger partial charge >= 0.3 is 11.8 Å². The molecule has 0 fully saturated rings. The summed E-state index contributed by atoms with van der Waals surface area (Å²) in [6.45, 7) is 8.10. The van der Waals surface area contributed by atoms with Crippen LogP contribution in [0.5, 0.6) is 0 Å². The van der Waals surface area contributed by atoms with E-state index in [1.165, 1.54) is 30.0 Å². The monoisotopic (exact) mass is 456 g/mol. The standard InChI is InChI=1S/C23H22Cl2N4O2/c1-13-5-6-14(2)21(7-13)29-15(3)8-17(16(29)4)12-26-28-23(31)22(30)27-20-10-18(24)9-19(25)11-20/h5-12H,1-4H3,(H,27,30)(H,28,31)/b26-12-. The molecule has 1 aromatic heterocycles. The number of hydrazone groups is 1. The smallest absolute Gasteiger partial charge is 0.318 e. The van der Waals surface area contributed by atoms with Gasteiger partial charge in [0.15, 0.2) is 0 Å². The third-order valence-corrected chi connectivity index (χ3v) is 5.21. The number of hydrogen-bond acceptors (Lipinski definition) is 3. The van der Waals surface area contributed by atoms with Crippen LogP contribution in [0.4, 0.5) is 5.69 Å². The molecule has 0 atom stereocenters. The maximum Gasteiger partial charge on any atom is 0.329 e. The Balaban J connectivity index is 1.72. The molecule has 3 rings (SSSR count). The molecule has 2 aromatic carbocycles. The molecular weight excluding hydrogens is 435 g/mol. The van der Waals surface area contributed by atoms with E-state index in [9.17, 15) is 9.59 Å². The maximum absolute atomic E-state index is 12.1. The lowest BCUT2D eigenvalue weighted by atomic mass is 10.1. The van der Waals surface area contributed by atoms with E-state index in [2.05, 4.69) is 52.5 Å². The number of hydrogen-bond donors (Lipinski definition) is 2. The summed E-state index contributed by atoms with van der Waals surface area (Å²) in [6.07, 6.45) is 1.52. The number of anilines is 1. The summed E-state index contributed by atoms with van der Waals surface area (Å²) in [6, 6.07) is 12.8. The van der Waals surface area contributed by atoms with Crippen LogP contribution in [0, 0.1) is 27.7 Å². The number of carbonyl (C=O) groups is 2. The zero-order chi connectivity index (χ0) is 22.7. The van der Waals surface area contributed by atoms with Gasteiger partial charge in [0.1, 0.15) is 0 Å². The first-order valence-electron chi connectivity index (χ1n) is 9.52. The molecule has 0 unspecified atom stereocenters. The van der Waals surface area contributed by atoms with E-state index in [4.69, 9.17) is 23.2 Å². The fourth-order valence-electron chi connectivity index (χ4n) is 3.27. The van der Waals surface area contributed by atoms with Gasteiger partial charge < -0.3 is 9.88 Å². The minimum atomic E-state index is -0.907. The van der Waals surface area contributed by atoms with Crippen LogP contribution >= 0.6 is 23.2 Å². The quantitative estimate of drug-likeness (QED) is 0.325. The highest BCUT2D eigenvalue weighted by Gasteiger charge is 2.15. The summed E-state index contributed by atoms with van der Waals surface area (Å²) in [5, 5.41) is 7.06. The fraction of sp³-hybridized carbons (Fsp3) is 0.174. The lowest BCUT2D eigenvalue weighted by Gasteiger charge is -2.13. The normalized spacial score (nSPS) is 11.0. The zero-order valence-electron chi connectivity index (χ0n) is 17.6. The molecule has 0 radical (unpaired) electrons. The molecule has 0 bridgehead atoms. The van der Waals surface area contributed by atoms with E-state index >= 15 is 0 Å². The highest BCUT2D eigenvalue weighted by molar-refractivity contribution is 6.40. The Hall–Kier alpha value is -3.09. The van der Waals surface area contributed by atoms with Crippen molar-refractivity contribution in [3.8, 4) is 5.69 Å². The number of aromatic nitrogens is 1. The van der Waals surface area contributed by atoms with Crippen molar-refractivity contribution >= 4 is 46.9 Å². The highest BCUT2D eigenvalue weighted by Crippen LogP contribution is 2.24. The minimum Gasteiger partial charge on any atom is -0.318 e. The second-order valence-electron chi connectivity index (χ2n) is 7.26. The van der Waals surface area contributed by atoms with E-state index in [0.29, 0.717) is 15.7 Å². The first-order chi connectivity index (χ1) is 14.7. The molecule has 0 aliphatic heterocycles. The molecule has 0 saturated carbocycles. The maximum atomic E-state index is 12.1. The Labute approximate surface area is 190 Å². The van der Waals surface area contributed by atoms with Crippen molar-refractivity contribution in [2.24, 2.45) is 5.10 Å². The number of nitrogens with one attached hydrogen (secondary N) is 2. The van der Waals surface area contributed by atoms with Gasteiger partial charge in [-0.1, -0.05) is 35.3 Å². The molecule has 8 heteroatoms. The third-order valence-electron chi connectivity index (χ3n) is 4.77. The summed E-state index contributed by atoms with van der Waals surface area (Å²) in [5.41, 5.74) is 8.82. The Bertz CT molecular complexity index is 1180. The minimum absolute atomic E-state index is 0.318. The summed E-state index contributed by atoms with van der Waals surface area (Å²) in [7, 11) is 0. The van der Waals surface area contributed by atoms with Crippen molar-refractivity contribution in [1.29, 1.82) is 0 Å². The summed E-state index contributed by atoms with van der Waals surface area (Å²) < 4.78 is 2.14. The van der Waals surface area contributed by atoms with E-state index in [0.717, 1.165) is 28.2 Å². The van der Waals surface area contributed by atoms with Crippen molar-refractivity contribution in [2.45, 2.75) is 27.7 Å². The van der Waals surface area contributed by atoms with Crippen molar-refractivity contribution in [1.82, 2.24) is 9.99 Å². The molecular formula is C23H22Cl2N4O2. The van der Waals surface area contributed by atoms with Crippen molar-refractivity contribution in [2.75, 3.05) is 5.32 Å². The third kappa shape index (κ3) is 5.34. The SMILES string of the molecule is Cc1ccc(C)c(-n2c(C)cc(/C=N\NC(=O)C(=O)Nc3cc(Cl)cc(Cl)c3)c2C)c1. The number of aryl methyl sites for hydroxylation is 3. The molecule has 160 valence electrons. The van der Waals surface area contributed by atoms with Crippen LogP contribution in [0.15, 0.2) is 47.6 Å². The first kappa shape index (κ1) is 22.6. The van der Waals surface area contributed by atoms with Gasteiger partial charge in [0, 0.05) is 38.4 Å². The molecule has 2 amide bonds. The molecule has 0 aliphatic rings. The molecule has 1 heterocycles. The topological polar surface area (TPSA) is 75.5 Å². The van der Waals surface area contributed by atoms with E-state index in [-0.39, 0.29) is 0 Å². The number of halogens is 2. The van der Waals surface area contributed by atoms with Gasteiger partial charge in [-0.25, -0.2) is 5.43 Å². The molecule has 0 spiro atoms. The number of nitrogens with zero attached hydrogens (tertiary/aromatic N) is 2. The predicted octanol–water partition coefficient (Wildman–Crippen LogP) is 5.11. The summed E-state index contributed by atoms with van der Waals surface area (Å²) in [4.78, 5) is 24.1. The number of amides is 2. The molecule has 6 nitrogen and oxygen atoms in total. The van der Waals surface area contributed by atoms with Crippen LogP contribution in [-0.4, -0.2) is 22.6 Å². The lowest BCUT2D eigenvalue weighted by Crippen LogP contribution is -2.32. The second-order valence-corrected chi connectivity index (χ2v) is 8.14. The van der Waals surface area contributed by atoms with Gasteiger partial charge in [0.05, 0.1) is 6.21 Å². The largest absolute Gasteiger partial charge is 0.329 e. The highest BCUT2D eigenvalue weighted by atomic mass is 35.5. The average molecular weight is 457 g/mol. The summed E-state index contributed by atoms with van der Waals surface area (Å²) in [5.74, 6) is -1.79. The van der Waals surface area contributed by atoms with E-state index in [1.807, 2.05) is 19.9 Å². The first-order valence-corrected chi connectivity index (χ1v) is 10.3. The Morgan fingerprint density at radius 2 is 1.61 bits per heavy atom. The van der Waals surface area contributed by atoms with Crippen LogP contribution < -0.4 is 10.7 Å². The van der Waals surface area contributed by atoms with E-state index in [1.54, 1.807) is 0 Å². The summed E-state index contributed by atoms with van der Waals surface area (Å²) >= 11 is 11.8. The molecule has 0 aliphatic carbocycles. The number of rotatable bonds is 4. The Morgan fingerprint density at radius 1 is 0.935 bits per heavy atom. The number of carbonyl (C=O) groups excluding carboxylic acids is 2. The van der Waals surface area contributed by atoms with Gasteiger partial charge in [-0.3, -0.25) is 9.59 Å². The van der Waals surface area contributed by atoms with Crippen LogP contribution in [0.25, 0.3) is 5.69 Å². The molecule has 0 saturated heterocycles. The van der Waals surface area contributed by atoms with Gasteiger partial charge in [-0.05, 0) is 69.2 Å². The van der Waals surface area contributed by atoms with Crippen LogP contribution in [0.1, 0.15) is 28.1 Å². The molecule has 3 aromatic rings. The van der Waals surface area contributed by atoms with Gasteiger partial charge in [0.25, 0.3) is 0 Å². The predicted molar refractivity (Wildman–Crippen MR) is 126 cm³/mol. The Kier molecular flexibility index (Phi) is 6.83. The van der Waals surface area contributed by atoms with Crippen LogP contribution in [-0.2, 0) is 9.59 Å². The second kappa shape index (κ2) is 9.37. The van der Waals surface area contributed by atoms with Crippen molar-refractivity contribution < 1.29 is 9.59 Å². The van der Waals surface area contributed by atoms with Gasteiger partial charge in [-0.15, -0.1) is 0 Å². The van der Waals surface area contributed by atoms with Gasteiger partial charge in [0.2, 0.25) is 0 Å². The Morgan fingerprint density at radius 3 is 2.29 bits per heavy atom. The van der Waals surface area contributed by atoms with Crippen LogP contribution in [0.2, 0.25) is 10.0 Å². The average Bonchev–Trinajstić information content (AvgIpc) is 2.96. The van der Waals surface area contributed by atoms with Crippen LogP contribution in [0.3, 0.4) is 0 Å². The molecule has 2 N–H and O–H groups in total. The van der Waals surface area contributed by atoms with Gasteiger partial charge in [-0.2, -0.15) is 5.10 Å². The zero-order valence-corrected chi connectivity index (χ0v) is 19.1. The number of benzene rings is 2. The van der Waals surface area contributed by atoms with Crippen molar-refractivity contribution in [3.63, 3.8) is 0 Å².